The molecule has 144 valence electrons. The van der Waals surface area contributed by atoms with Crippen LogP contribution >= 0.6 is 0 Å². The zero-order valence-corrected chi connectivity index (χ0v) is 14.5. The van der Waals surface area contributed by atoms with Gasteiger partial charge in [-0.3, -0.25) is 0 Å². The number of fused-ring (bicyclic) bond motifs is 3. The SMILES string of the molecule is COC(=O)Oc1nc2n(n1)-c1ccccc1N(c1cccc(C(F)(F)F)c1)C2. The van der Waals surface area contributed by atoms with E-state index in [1.807, 2.05) is 0 Å². The lowest BCUT2D eigenvalue weighted by Gasteiger charge is -2.31. The second kappa shape index (κ2) is 6.55. The molecule has 0 spiro atoms. The number of anilines is 2. The minimum atomic E-state index is -4.45. The van der Waals surface area contributed by atoms with Crippen LogP contribution in [0.15, 0.2) is 48.5 Å². The molecule has 0 N–H and O–H groups in total. The van der Waals surface area contributed by atoms with E-state index in [0.717, 1.165) is 19.2 Å². The number of alkyl halides is 3. The lowest BCUT2D eigenvalue weighted by Crippen LogP contribution is -2.26. The molecule has 0 radical (unpaired) electrons. The van der Waals surface area contributed by atoms with E-state index in [1.165, 1.54) is 10.7 Å². The van der Waals surface area contributed by atoms with Crippen LogP contribution in [-0.2, 0) is 17.5 Å². The topological polar surface area (TPSA) is 69.5 Å². The Morgan fingerprint density at radius 1 is 1.11 bits per heavy atom. The predicted octanol–water partition coefficient (Wildman–Crippen LogP) is 4.08. The Balaban J connectivity index is 1.78. The van der Waals surface area contributed by atoms with Gasteiger partial charge in [-0.05, 0) is 30.3 Å². The maximum Gasteiger partial charge on any atom is 0.516 e. The van der Waals surface area contributed by atoms with Crippen LogP contribution in [0.5, 0.6) is 6.01 Å². The molecule has 4 rings (SSSR count). The molecule has 10 heteroatoms. The lowest BCUT2D eigenvalue weighted by molar-refractivity contribution is -0.137. The number of aromatic nitrogens is 3. The quantitative estimate of drug-likeness (QED) is 0.614. The first-order valence-corrected chi connectivity index (χ1v) is 8.13. The summed E-state index contributed by atoms with van der Waals surface area (Å²) in [4.78, 5) is 17.1. The highest BCUT2D eigenvalue weighted by Gasteiger charge is 2.32. The van der Waals surface area contributed by atoms with Gasteiger partial charge in [0.05, 0.1) is 30.6 Å². The minimum Gasteiger partial charge on any atom is -0.437 e. The summed E-state index contributed by atoms with van der Waals surface area (Å²) in [5, 5.41) is 4.14. The van der Waals surface area contributed by atoms with Crippen molar-refractivity contribution in [3.63, 3.8) is 0 Å². The molecule has 0 saturated heterocycles. The Hall–Kier alpha value is -3.56. The number of carbonyl (C=O) groups excluding carboxylic acids is 1. The van der Waals surface area contributed by atoms with E-state index in [0.29, 0.717) is 22.9 Å². The van der Waals surface area contributed by atoms with Crippen molar-refractivity contribution >= 4 is 17.5 Å². The van der Waals surface area contributed by atoms with Gasteiger partial charge in [-0.25, -0.2) is 9.48 Å². The van der Waals surface area contributed by atoms with Gasteiger partial charge in [-0.1, -0.05) is 18.2 Å². The third-order valence-electron chi connectivity index (χ3n) is 4.18. The van der Waals surface area contributed by atoms with Crippen molar-refractivity contribution in [1.82, 2.24) is 14.8 Å². The summed E-state index contributed by atoms with van der Waals surface area (Å²) in [5.41, 5.74) is 0.841. The Morgan fingerprint density at radius 3 is 2.57 bits per heavy atom. The molecule has 0 fully saturated rings. The summed E-state index contributed by atoms with van der Waals surface area (Å²) in [5.74, 6) is 0.398. The van der Waals surface area contributed by atoms with Crippen LogP contribution in [0.3, 0.4) is 0 Å². The predicted molar refractivity (Wildman–Crippen MR) is 91.7 cm³/mol. The largest absolute Gasteiger partial charge is 0.516 e. The molecule has 1 aromatic heterocycles. The Labute approximate surface area is 156 Å². The lowest BCUT2D eigenvalue weighted by atomic mass is 10.1. The van der Waals surface area contributed by atoms with Crippen LogP contribution in [0.2, 0.25) is 0 Å². The van der Waals surface area contributed by atoms with Crippen molar-refractivity contribution in [2.45, 2.75) is 12.7 Å². The van der Waals surface area contributed by atoms with Crippen molar-refractivity contribution in [2.24, 2.45) is 0 Å². The van der Waals surface area contributed by atoms with Crippen molar-refractivity contribution in [1.29, 1.82) is 0 Å². The average molecular weight is 390 g/mol. The number of nitrogens with zero attached hydrogens (tertiary/aromatic N) is 4. The molecule has 0 amide bonds. The molecule has 3 aromatic rings. The zero-order valence-electron chi connectivity index (χ0n) is 14.5. The van der Waals surface area contributed by atoms with E-state index in [9.17, 15) is 18.0 Å². The molecule has 0 bridgehead atoms. The van der Waals surface area contributed by atoms with Gasteiger partial charge in [0.2, 0.25) is 0 Å². The first-order valence-electron chi connectivity index (χ1n) is 8.13. The summed E-state index contributed by atoms with van der Waals surface area (Å²) >= 11 is 0. The number of rotatable bonds is 2. The fourth-order valence-corrected chi connectivity index (χ4v) is 2.96. The fraction of sp³-hybridized carbons (Fsp3) is 0.167. The van der Waals surface area contributed by atoms with Crippen molar-refractivity contribution in [3.8, 4) is 11.7 Å². The number of para-hydroxylation sites is 2. The highest BCUT2D eigenvalue weighted by molar-refractivity contribution is 5.73. The zero-order chi connectivity index (χ0) is 19.9. The van der Waals surface area contributed by atoms with E-state index in [2.05, 4.69) is 14.8 Å². The van der Waals surface area contributed by atoms with Gasteiger partial charge in [-0.2, -0.15) is 18.2 Å². The normalized spacial score (nSPS) is 12.9. The summed E-state index contributed by atoms with van der Waals surface area (Å²) in [6.07, 6.45) is -5.42. The molecule has 1 aliphatic rings. The van der Waals surface area contributed by atoms with Crippen LogP contribution < -0.4 is 9.64 Å². The fourth-order valence-electron chi connectivity index (χ4n) is 2.96. The van der Waals surface area contributed by atoms with E-state index in [4.69, 9.17) is 4.74 Å². The maximum absolute atomic E-state index is 13.1. The van der Waals surface area contributed by atoms with Gasteiger partial charge in [0.25, 0.3) is 0 Å². The summed E-state index contributed by atoms with van der Waals surface area (Å²) in [6.45, 7) is 0.135. The van der Waals surface area contributed by atoms with Gasteiger partial charge in [-0.15, -0.1) is 5.10 Å². The highest BCUT2D eigenvalue weighted by Crippen LogP contribution is 2.39. The highest BCUT2D eigenvalue weighted by atomic mass is 19.4. The van der Waals surface area contributed by atoms with Crippen LogP contribution in [0.25, 0.3) is 5.69 Å². The Bertz CT molecular complexity index is 1050. The molecule has 0 aliphatic carbocycles. The molecule has 2 heterocycles. The third-order valence-corrected chi connectivity index (χ3v) is 4.18. The molecule has 1 aliphatic heterocycles. The Morgan fingerprint density at radius 2 is 1.86 bits per heavy atom. The molecular formula is C18H13F3N4O3. The average Bonchev–Trinajstić information content (AvgIpc) is 3.09. The molecule has 2 aromatic carbocycles. The molecule has 7 nitrogen and oxygen atoms in total. The second-order valence-corrected chi connectivity index (χ2v) is 5.90. The monoisotopic (exact) mass is 390 g/mol. The molecular weight excluding hydrogens is 377 g/mol. The van der Waals surface area contributed by atoms with Crippen LogP contribution in [-0.4, -0.2) is 28.0 Å². The summed E-state index contributed by atoms with van der Waals surface area (Å²) < 4.78 is 50.1. The maximum atomic E-state index is 13.1. The second-order valence-electron chi connectivity index (χ2n) is 5.90. The van der Waals surface area contributed by atoms with Gasteiger partial charge in [0.1, 0.15) is 0 Å². The van der Waals surface area contributed by atoms with E-state index in [-0.39, 0.29) is 12.6 Å². The number of benzene rings is 2. The van der Waals surface area contributed by atoms with Crippen molar-refractivity contribution in [2.75, 3.05) is 12.0 Å². The van der Waals surface area contributed by atoms with Gasteiger partial charge < -0.3 is 14.4 Å². The number of hydrogen-bond donors (Lipinski definition) is 0. The number of carbonyl (C=O) groups is 1. The van der Waals surface area contributed by atoms with E-state index < -0.39 is 17.9 Å². The molecule has 0 saturated carbocycles. The van der Waals surface area contributed by atoms with Crippen molar-refractivity contribution < 1.29 is 27.4 Å². The van der Waals surface area contributed by atoms with Gasteiger partial charge in [0.15, 0.2) is 5.82 Å². The minimum absolute atomic E-state index is 0.135. The summed E-state index contributed by atoms with van der Waals surface area (Å²) in [6, 6.07) is 11.9. The van der Waals surface area contributed by atoms with Gasteiger partial charge in [0, 0.05) is 5.69 Å². The Kier molecular flexibility index (Phi) is 4.17. The van der Waals surface area contributed by atoms with Crippen LogP contribution in [0.1, 0.15) is 11.4 Å². The number of ether oxygens (including phenoxy) is 2. The third kappa shape index (κ3) is 3.13. The van der Waals surface area contributed by atoms with Crippen LogP contribution in [0, 0.1) is 0 Å². The number of hydrogen-bond acceptors (Lipinski definition) is 6. The standard InChI is InChI=1S/C18H13F3N4O3/c1-27-17(26)28-16-22-15-10-24(12-6-4-5-11(9-12)18(19,20)21)13-7-2-3-8-14(13)25(15)23-16/h2-9H,10H2,1H3. The first-order chi connectivity index (χ1) is 13.4. The van der Waals surface area contributed by atoms with Gasteiger partial charge >= 0.3 is 18.3 Å². The van der Waals surface area contributed by atoms with E-state index >= 15 is 0 Å². The summed E-state index contributed by atoms with van der Waals surface area (Å²) in [7, 11) is 1.16. The number of halogens is 3. The van der Waals surface area contributed by atoms with Crippen LogP contribution in [0.4, 0.5) is 29.3 Å². The first kappa shape index (κ1) is 17.8. The smallest absolute Gasteiger partial charge is 0.437 e. The molecule has 0 atom stereocenters. The van der Waals surface area contributed by atoms with E-state index in [1.54, 1.807) is 35.2 Å². The number of methoxy groups -OCH3 is 1. The molecule has 0 unspecified atom stereocenters. The molecule has 28 heavy (non-hydrogen) atoms. The van der Waals surface area contributed by atoms with Crippen molar-refractivity contribution in [3.05, 3.63) is 59.9 Å².